The van der Waals surface area contributed by atoms with Crippen molar-refractivity contribution in [3.05, 3.63) is 48.5 Å². The predicted molar refractivity (Wildman–Crippen MR) is 123 cm³/mol. The van der Waals surface area contributed by atoms with Crippen LogP contribution in [-0.2, 0) is 14.3 Å². The van der Waals surface area contributed by atoms with Crippen molar-refractivity contribution in [1.82, 2.24) is 5.32 Å². The number of methoxy groups -OCH3 is 2. The Bertz CT molecular complexity index is 984. The fraction of sp³-hybridized carbons (Fsp3) is 0.238. The number of benzene rings is 2. The Labute approximate surface area is 190 Å². The highest BCUT2D eigenvalue weighted by molar-refractivity contribution is 7.99. The number of carbonyl (C=O) groups excluding carboxylic acids is 3. The van der Waals surface area contributed by atoms with Gasteiger partial charge in [-0.2, -0.15) is 4.99 Å². The van der Waals surface area contributed by atoms with E-state index < -0.39 is 18.0 Å². The minimum absolute atomic E-state index is 0.111. The first-order chi connectivity index (χ1) is 15.4. The van der Waals surface area contributed by atoms with E-state index in [1.165, 1.54) is 30.9 Å². The lowest BCUT2D eigenvalue weighted by atomic mass is 10.2. The van der Waals surface area contributed by atoms with Gasteiger partial charge in [-0.3, -0.25) is 15.0 Å². The van der Waals surface area contributed by atoms with E-state index in [1.807, 2.05) is 36.4 Å². The fourth-order valence-electron chi connectivity index (χ4n) is 2.49. The Kier molecular flexibility index (Phi) is 9.51. The first-order valence-electron chi connectivity index (χ1n) is 9.54. The number of aliphatic imine (C=N–C) groups is 1. The summed E-state index contributed by atoms with van der Waals surface area (Å²) in [5.41, 5.74) is 6.24. The highest BCUT2D eigenvalue weighted by Crippen LogP contribution is 2.34. The summed E-state index contributed by atoms with van der Waals surface area (Å²) in [5.74, 6) is -0.627. The van der Waals surface area contributed by atoms with E-state index in [2.05, 4.69) is 20.4 Å². The van der Waals surface area contributed by atoms with E-state index in [-0.39, 0.29) is 19.1 Å². The van der Waals surface area contributed by atoms with Gasteiger partial charge in [-0.25, -0.2) is 9.59 Å². The van der Waals surface area contributed by atoms with Crippen LogP contribution < -0.4 is 21.3 Å². The molecule has 2 aromatic carbocycles. The third-order valence-electron chi connectivity index (χ3n) is 3.96. The zero-order valence-corrected chi connectivity index (χ0v) is 18.8. The van der Waals surface area contributed by atoms with Crippen molar-refractivity contribution in [2.45, 2.75) is 23.1 Å². The van der Waals surface area contributed by atoms with Crippen LogP contribution >= 0.6 is 11.8 Å². The van der Waals surface area contributed by atoms with Crippen LogP contribution in [0.1, 0.15) is 13.3 Å². The van der Waals surface area contributed by atoms with Gasteiger partial charge in [-0.1, -0.05) is 36.9 Å². The van der Waals surface area contributed by atoms with Crippen LogP contribution in [0.15, 0.2) is 63.3 Å². The van der Waals surface area contributed by atoms with Crippen LogP contribution in [0.5, 0.6) is 0 Å². The Hall–Kier alpha value is -3.57. The van der Waals surface area contributed by atoms with Crippen LogP contribution in [0.3, 0.4) is 0 Å². The molecule has 0 radical (unpaired) electrons. The van der Waals surface area contributed by atoms with Crippen molar-refractivity contribution in [2.75, 3.05) is 31.2 Å². The molecule has 0 saturated heterocycles. The minimum atomic E-state index is -0.819. The Morgan fingerprint density at radius 3 is 2.41 bits per heavy atom. The molecule has 0 aromatic heterocycles. The van der Waals surface area contributed by atoms with Crippen molar-refractivity contribution >= 4 is 47.1 Å². The number of rotatable bonds is 7. The second-order valence-electron chi connectivity index (χ2n) is 6.23. The average molecular weight is 460 g/mol. The molecular weight excluding hydrogens is 434 g/mol. The number of ether oxygens (including phenoxy) is 2. The van der Waals surface area contributed by atoms with Crippen molar-refractivity contribution in [1.29, 1.82) is 0 Å². The van der Waals surface area contributed by atoms with Crippen LogP contribution in [0.25, 0.3) is 0 Å². The predicted octanol–water partition coefficient (Wildman–Crippen LogP) is 3.39. The van der Waals surface area contributed by atoms with Gasteiger partial charge in [0.05, 0.1) is 18.5 Å². The fourth-order valence-corrected chi connectivity index (χ4v) is 3.36. The number of amides is 4. The average Bonchev–Trinajstić information content (AvgIpc) is 2.78. The molecule has 4 N–H and O–H groups in total. The summed E-state index contributed by atoms with van der Waals surface area (Å²) in [6.45, 7) is 1.53. The van der Waals surface area contributed by atoms with E-state index >= 15 is 0 Å². The van der Waals surface area contributed by atoms with E-state index in [1.54, 1.807) is 19.1 Å². The van der Waals surface area contributed by atoms with Gasteiger partial charge in [0.15, 0.2) is 0 Å². The second-order valence-corrected chi connectivity index (χ2v) is 7.37. The van der Waals surface area contributed by atoms with Crippen molar-refractivity contribution in [3.63, 3.8) is 0 Å². The van der Waals surface area contributed by atoms with Crippen molar-refractivity contribution in [3.8, 4) is 0 Å². The number of nitrogens with zero attached hydrogens (tertiary/aromatic N) is 2. The zero-order chi connectivity index (χ0) is 23.5. The normalized spacial score (nSPS) is 10.9. The van der Waals surface area contributed by atoms with E-state index in [4.69, 9.17) is 10.5 Å². The van der Waals surface area contributed by atoms with Crippen LogP contribution in [0.4, 0.5) is 21.0 Å². The summed E-state index contributed by atoms with van der Waals surface area (Å²) in [7, 11) is 2.61. The van der Waals surface area contributed by atoms with E-state index in [0.29, 0.717) is 11.4 Å². The Morgan fingerprint density at radius 2 is 1.81 bits per heavy atom. The maximum atomic E-state index is 12.0. The van der Waals surface area contributed by atoms with Crippen LogP contribution in [0.2, 0.25) is 0 Å². The summed E-state index contributed by atoms with van der Waals surface area (Å²) in [6, 6.07) is 14.2. The maximum absolute atomic E-state index is 12.0. The molecule has 170 valence electrons. The largest absolute Gasteiger partial charge is 0.453 e. The molecule has 0 aliphatic carbocycles. The zero-order valence-electron chi connectivity index (χ0n) is 18.0. The third kappa shape index (κ3) is 7.29. The topological polar surface area (TPSA) is 135 Å². The number of hydrogen-bond acceptors (Lipinski definition) is 6. The first-order valence-corrected chi connectivity index (χ1v) is 10.4. The summed E-state index contributed by atoms with van der Waals surface area (Å²) in [4.78, 5) is 42.5. The standard InChI is InChI=1S/C21H25N5O5S/c1-4-18(27)24-20(25-21(29)31-3)23-16-12-15(32-14-8-6-5-7-9-14)10-11-17(16)26(13-30-2)19(22)28/h5-12H,4,13H2,1-3H3,(H2,22,28)(H2,23,24,25,27,29). The molecule has 0 unspecified atom stereocenters. The highest BCUT2D eigenvalue weighted by Gasteiger charge is 2.19. The number of nitrogens with one attached hydrogen (secondary N) is 2. The Morgan fingerprint density at radius 1 is 1.09 bits per heavy atom. The molecule has 2 rings (SSSR count). The molecule has 0 aliphatic heterocycles. The summed E-state index contributed by atoms with van der Waals surface area (Å²) >= 11 is 1.48. The summed E-state index contributed by atoms with van der Waals surface area (Å²) in [6.07, 6.45) is -0.692. The summed E-state index contributed by atoms with van der Waals surface area (Å²) in [5, 5.41) is 5.26. The number of urea groups is 1. The molecule has 32 heavy (non-hydrogen) atoms. The van der Waals surface area contributed by atoms with Gasteiger partial charge >= 0.3 is 12.1 Å². The van der Waals surface area contributed by atoms with E-state index in [0.717, 1.165) is 9.79 Å². The SMILES string of the molecule is CCC(=O)N=C(NC(=O)OC)Nc1cc(Sc2ccccc2)ccc1N(COC)C(N)=O. The smallest absolute Gasteiger partial charge is 0.413 e. The van der Waals surface area contributed by atoms with Gasteiger partial charge in [-0.15, -0.1) is 0 Å². The second kappa shape index (κ2) is 12.3. The lowest BCUT2D eigenvalue weighted by molar-refractivity contribution is -0.117. The van der Waals surface area contributed by atoms with Gasteiger partial charge in [0, 0.05) is 23.3 Å². The molecule has 0 saturated carbocycles. The van der Waals surface area contributed by atoms with Gasteiger partial charge < -0.3 is 20.5 Å². The monoisotopic (exact) mass is 459 g/mol. The van der Waals surface area contributed by atoms with Gasteiger partial charge in [0.25, 0.3) is 0 Å². The molecule has 4 amide bonds. The highest BCUT2D eigenvalue weighted by atomic mass is 32.2. The molecule has 10 nitrogen and oxygen atoms in total. The number of alkyl carbamates (subject to hydrolysis) is 1. The number of primary amides is 1. The molecule has 0 atom stereocenters. The third-order valence-corrected chi connectivity index (χ3v) is 4.96. The molecule has 0 fully saturated rings. The number of carbonyl (C=O) groups is 3. The lowest BCUT2D eigenvalue weighted by Gasteiger charge is -2.24. The van der Waals surface area contributed by atoms with Gasteiger partial charge in [0.1, 0.15) is 6.73 Å². The number of guanidine groups is 1. The molecule has 0 spiro atoms. The molecule has 0 aliphatic rings. The van der Waals surface area contributed by atoms with Crippen molar-refractivity contribution in [2.24, 2.45) is 10.7 Å². The molecular formula is C21H25N5O5S. The summed E-state index contributed by atoms with van der Waals surface area (Å²) < 4.78 is 9.69. The van der Waals surface area contributed by atoms with Crippen molar-refractivity contribution < 1.29 is 23.9 Å². The Balaban J connectivity index is 2.50. The minimum Gasteiger partial charge on any atom is -0.453 e. The molecule has 11 heteroatoms. The quantitative estimate of drug-likeness (QED) is 0.328. The maximum Gasteiger partial charge on any atom is 0.413 e. The van der Waals surface area contributed by atoms with Gasteiger partial charge in [0.2, 0.25) is 11.9 Å². The first kappa shape index (κ1) is 24.7. The lowest BCUT2D eigenvalue weighted by Crippen LogP contribution is -2.39. The molecule has 0 heterocycles. The number of hydrogen-bond donors (Lipinski definition) is 3. The molecule has 0 bridgehead atoms. The van der Waals surface area contributed by atoms with Crippen LogP contribution in [-0.4, -0.2) is 44.9 Å². The number of nitrogens with two attached hydrogens (primary N) is 1. The number of anilines is 2. The molecule has 2 aromatic rings. The van der Waals surface area contributed by atoms with Crippen LogP contribution in [0, 0.1) is 0 Å². The van der Waals surface area contributed by atoms with Gasteiger partial charge in [-0.05, 0) is 30.3 Å². The van der Waals surface area contributed by atoms with E-state index in [9.17, 15) is 14.4 Å².